The second kappa shape index (κ2) is 5.32. The van der Waals surface area contributed by atoms with Crippen LogP contribution in [0, 0.1) is 17.1 Å². The van der Waals surface area contributed by atoms with Gasteiger partial charge >= 0.3 is 0 Å². The topological polar surface area (TPSA) is 39.1 Å². The summed E-state index contributed by atoms with van der Waals surface area (Å²) in [6.07, 6.45) is 0. The van der Waals surface area contributed by atoms with Crippen LogP contribution in [0.2, 0.25) is 0 Å². The molecule has 0 aromatic heterocycles. The van der Waals surface area contributed by atoms with Crippen LogP contribution in [0.4, 0.5) is 15.8 Å². The minimum atomic E-state index is -0.383. The van der Waals surface area contributed by atoms with Crippen molar-refractivity contribution in [2.75, 3.05) is 18.0 Å². The van der Waals surface area contributed by atoms with Gasteiger partial charge in [0.25, 0.3) is 0 Å². The number of hydrogen-bond acceptors (Lipinski definition) is 3. The number of nitriles is 1. The molecule has 100 valence electrons. The first kappa shape index (κ1) is 12.6. The third-order valence-electron chi connectivity index (χ3n) is 3.48. The number of rotatable bonds is 1. The van der Waals surface area contributed by atoms with Gasteiger partial charge in [0.15, 0.2) is 0 Å². The average Bonchev–Trinajstić information content (AvgIpc) is 2.69. The predicted octanol–water partition coefficient (Wildman–Crippen LogP) is 2.94. The Balaban J connectivity index is 2.13. The lowest BCUT2D eigenvalue weighted by atomic mass is 10.1. The third-order valence-corrected chi connectivity index (χ3v) is 3.48. The molecule has 4 heteroatoms. The van der Waals surface area contributed by atoms with Gasteiger partial charge < -0.3 is 10.2 Å². The zero-order valence-electron chi connectivity index (χ0n) is 10.9. The standard InChI is InChI=1S/C16H14FN3/c17-14-5-6-16(13(9-14)10-18)20-8-7-19-11-12-3-1-2-4-15(12)20/h1-6,9,19H,7-8,11H2. The molecule has 0 unspecified atom stereocenters. The minimum absolute atomic E-state index is 0.363. The molecule has 1 N–H and O–H groups in total. The Morgan fingerprint density at radius 3 is 2.85 bits per heavy atom. The molecule has 0 radical (unpaired) electrons. The molecule has 0 amide bonds. The Hall–Kier alpha value is -2.38. The molecule has 1 heterocycles. The second-order valence-corrected chi connectivity index (χ2v) is 4.73. The van der Waals surface area contributed by atoms with E-state index < -0.39 is 0 Å². The van der Waals surface area contributed by atoms with Crippen LogP contribution < -0.4 is 10.2 Å². The largest absolute Gasteiger partial charge is 0.339 e. The van der Waals surface area contributed by atoms with Gasteiger partial charge in [-0.25, -0.2) is 4.39 Å². The van der Waals surface area contributed by atoms with E-state index in [1.807, 2.05) is 18.2 Å². The number of hydrogen-bond donors (Lipinski definition) is 1. The Morgan fingerprint density at radius 1 is 1.15 bits per heavy atom. The van der Waals surface area contributed by atoms with Crippen LogP contribution in [0.3, 0.4) is 0 Å². The normalized spacial score (nSPS) is 14.3. The molecular weight excluding hydrogens is 253 g/mol. The minimum Gasteiger partial charge on any atom is -0.339 e. The summed E-state index contributed by atoms with van der Waals surface area (Å²) in [6, 6.07) is 14.5. The van der Waals surface area contributed by atoms with Gasteiger partial charge in [-0.15, -0.1) is 0 Å². The van der Waals surface area contributed by atoms with Gasteiger partial charge in [-0.2, -0.15) is 5.26 Å². The second-order valence-electron chi connectivity index (χ2n) is 4.73. The number of anilines is 2. The Morgan fingerprint density at radius 2 is 2.00 bits per heavy atom. The van der Waals surface area contributed by atoms with Crippen molar-refractivity contribution < 1.29 is 4.39 Å². The summed E-state index contributed by atoms with van der Waals surface area (Å²) in [5.74, 6) is -0.383. The van der Waals surface area contributed by atoms with Crippen LogP contribution >= 0.6 is 0 Å². The molecule has 2 aromatic carbocycles. The number of para-hydroxylation sites is 1. The highest BCUT2D eigenvalue weighted by molar-refractivity contribution is 5.71. The Labute approximate surface area is 117 Å². The van der Waals surface area contributed by atoms with Crippen molar-refractivity contribution in [2.45, 2.75) is 6.54 Å². The SMILES string of the molecule is N#Cc1cc(F)ccc1N1CCNCc2ccccc21. The van der Waals surface area contributed by atoms with E-state index in [1.54, 1.807) is 6.07 Å². The molecule has 0 fully saturated rings. The highest BCUT2D eigenvalue weighted by Gasteiger charge is 2.18. The van der Waals surface area contributed by atoms with Gasteiger partial charge in [-0.05, 0) is 29.8 Å². The lowest BCUT2D eigenvalue weighted by molar-refractivity contribution is 0.627. The fourth-order valence-corrected chi connectivity index (χ4v) is 2.54. The van der Waals surface area contributed by atoms with E-state index in [2.05, 4.69) is 22.4 Å². The van der Waals surface area contributed by atoms with Crippen molar-refractivity contribution in [2.24, 2.45) is 0 Å². The lowest BCUT2D eigenvalue weighted by Crippen LogP contribution is -2.25. The summed E-state index contributed by atoms with van der Waals surface area (Å²) in [5.41, 5.74) is 3.37. The third kappa shape index (κ3) is 2.24. The average molecular weight is 267 g/mol. The zero-order valence-corrected chi connectivity index (χ0v) is 10.9. The molecule has 2 aromatic rings. The maximum atomic E-state index is 13.3. The number of nitrogens with zero attached hydrogens (tertiary/aromatic N) is 2. The van der Waals surface area contributed by atoms with E-state index in [4.69, 9.17) is 0 Å². The summed E-state index contributed by atoms with van der Waals surface area (Å²) >= 11 is 0. The monoisotopic (exact) mass is 267 g/mol. The molecule has 0 saturated carbocycles. The number of fused-ring (bicyclic) bond motifs is 1. The maximum Gasteiger partial charge on any atom is 0.124 e. The van der Waals surface area contributed by atoms with Gasteiger partial charge in [0.1, 0.15) is 11.9 Å². The summed E-state index contributed by atoms with van der Waals surface area (Å²) < 4.78 is 13.3. The van der Waals surface area contributed by atoms with Crippen molar-refractivity contribution in [3.8, 4) is 6.07 Å². The number of benzene rings is 2. The first-order chi connectivity index (χ1) is 9.79. The highest BCUT2D eigenvalue weighted by atomic mass is 19.1. The van der Waals surface area contributed by atoms with Crippen molar-refractivity contribution in [3.63, 3.8) is 0 Å². The lowest BCUT2D eigenvalue weighted by Gasteiger charge is -2.25. The molecule has 3 rings (SSSR count). The van der Waals surface area contributed by atoms with Gasteiger partial charge in [-0.1, -0.05) is 18.2 Å². The van der Waals surface area contributed by atoms with Gasteiger partial charge in [-0.3, -0.25) is 0 Å². The molecule has 0 spiro atoms. The molecule has 3 nitrogen and oxygen atoms in total. The maximum absolute atomic E-state index is 13.3. The molecular formula is C16H14FN3. The molecule has 0 atom stereocenters. The summed E-state index contributed by atoms with van der Waals surface area (Å²) in [4.78, 5) is 2.08. The van der Waals surface area contributed by atoms with Gasteiger partial charge in [0.05, 0.1) is 11.3 Å². The first-order valence-electron chi connectivity index (χ1n) is 6.55. The zero-order chi connectivity index (χ0) is 13.9. The van der Waals surface area contributed by atoms with Crippen LogP contribution in [-0.4, -0.2) is 13.1 Å². The van der Waals surface area contributed by atoms with E-state index in [-0.39, 0.29) is 5.82 Å². The Kier molecular flexibility index (Phi) is 3.36. The summed E-state index contributed by atoms with van der Waals surface area (Å²) in [5, 5.41) is 12.6. The number of halogens is 1. The van der Waals surface area contributed by atoms with Gasteiger partial charge in [0.2, 0.25) is 0 Å². The fraction of sp³-hybridized carbons (Fsp3) is 0.188. The Bertz CT molecular complexity index is 676. The van der Waals surface area contributed by atoms with Crippen LogP contribution in [0.1, 0.15) is 11.1 Å². The van der Waals surface area contributed by atoms with Crippen LogP contribution in [0.5, 0.6) is 0 Å². The summed E-state index contributed by atoms with van der Waals surface area (Å²) in [6.45, 7) is 2.37. The van der Waals surface area contributed by atoms with Crippen LogP contribution in [0.25, 0.3) is 0 Å². The fourth-order valence-electron chi connectivity index (χ4n) is 2.54. The van der Waals surface area contributed by atoms with Crippen molar-refractivity contribution in [1.82, 2.24) is 5.32 Å². The first-order valence-corrected chi connectivity index (χ1v) is 6.55. The van der Waals surface area contributed by atoms with E-state index >= 15 is 0 Å². The van der Waals surface area contributed by atoms with Crippen molar-refractivity contribution in [1.29, 1.82) is 5.26 Å². The van der Waals surface area contributed by atoms with E-state index in [0.717, 1.165) is 31.0 Å². The van der Waals surface area contributed by atoms with E-state index in [1.165, 1.54) is 17.7 Å². The molecule has 1 aliphatic rings. The predicted molar refractivity (Wildman–Crippen MR) is 76.3 cm³/mol. The van der Waals surface area contributed by atoms with E-state index in [0.29, 0.717) is 5.56 Å². The van der Waals surface area contributed by atoms with Crippen molar-refractivity contribution in [3.05, 3.63) is 59.4 Å². The molecule has 20 heavy (non-hydrogen) atoms. The summed E-state index contributed by atoms with van der Waals surface area (Å²) in [7, 11) is 0. The van der Waals surface area contributed by atoms with Crippen LogP contribution in [0.15, 0.2) is 42.5 Å². The van der Waals surface area contributed by atoms with Gasteiger partial charge in [0, 0.05) is 25.3 Å². The van der Waals surface area contributed by atoms with Crippen LogP contribution in [-0.2, 0) is 6.54 Å². The quantitative estimate of drug-likeness (QED) is 0.863. The highest BCUT2D eigenvalue weighted by Crippen LogP contribution is 2.32. The number of nitrogens with one attached hydrogen (secondary N) is 1. The smallest absolute Gasteiger partial charge is 0.124 e. The molecule has 1 aliphatic heterocycles. The molecule has 0 aliphatic carbocycles. The molecule has 0 bridgehead atoms. The van der Waals surface area contributed by atoms with E-state index in [9.17, 15) is 9.65 Å². The molecule has 0 saturated heterocycles. The van der Waals surface area contributed by atoms with Crippen molar-refractivity contribution >= 4 is 11.4 Å².